The third-order valence-electron chi connectivity index (χ3n) is 4.70. The van der Waals surface area contributed by atoms with Gasteiger partial charge >= 0.3 is 6.36 Å². The number of nitrogens with one attached hydrogen (secondary N) is 3. The van der Waals surface area contributed by atoms with Crippen molar-refractivity contribution in [3.8, 4) is 5.75 Å². The molecule has 0 amide bonds. The number of anilines is 2. The number of fused-ring (bicyclic) bond motifs is 3. The number of hydrogen-bond donors (Lipinski definition) is 3. The summed E-state index contributed by atoms with van der Waals surface area (Å²) in [5, 5.41) is 13.1. The Morgan fingerprint density at radius 3 is 2.71 bits per heavy atom. The number of benzene rings is 1. The molecule has 2 aromatic rings. The predicted octanol–water partition coefficient (Wildman–Crippen LogP) is 3.90. The van der Waals surface area contributed by atoms with Crippen LogP contribution in [0.4, 0.5) is 24.9 Å². The molecule has 2 bridgehead atoms. The van der Waals surface area contributed by atoms with Crippen molar-refractivity contribution in [3.63, 3.8) is 0 Å². The fourth-order valence-corrected chi connectivity index (χ4v) is 3.85. The van der Waals surface area contributed by atoms with Gasteiger partial charge in [0, 0.05) is 37.6 Å². The van der Waals surface area contributed by atoms with Gasteiger partial charge < -0.3 is 30.1 Å². The van der Waals surface area contributed by atoms with Crippen molar-refractivity contribution in [2.75, 3.05) is 23.3 Å². The molecular weight excluding hydrogens is 399 g/mol. The van der Waals surface area contributed by atoms with Gasteiger partial charge in [0.25, 0.3) is 6.01 Å². The van der Waals surface area contributed by atoms with Crippen LogP contribution in [0.15, 0.2) is 22.8 Å². The van der Waals surface area contributed by atoms with Crippen molar-refractivity contribution >= 4 is 40.6 Å². The molecule has 11 heteroatoms. The Morgan fingerprint density at radius 1 is 1.36 bits per heavy atom. The molecule has 2 atom stereocenters. The normalized spacial score (nSPS) is 22.2. The molecule has 2 unspecified atom stereocenters. The first kappa shape index (κ1) is 18.9. The number of piperazine rings is 1. The third-order valence-corrected chi connectivity index (χ3v) is 4.98. The minimum Gasteiger partial charge on any atom is -0.421 e. The Morgan fingerprint density at radius 2 is 2.07 bits per heavy atom. The maximum absolute atomic E-state index is 12.9. The summed E-state index contributed by atoms with van der Waals surface area (Å²) in [7, 11) is 0. The fourth-order valence-electron chi connectivity index (χ4n) is 3.61. The van der Waals surface area contributed by atoms with Crippen LogP contribution >= 0.6 is 11.6 Å². The van der Waals surface area contributed by atoms with Crippen molar-refractivity contribution in [2.45, 2.75) is 31.3 Å². The van der Waals surface area contributed by atoms with E-state index in [0.717, 1.165) is 19.1 Å². The fraction of sp³-hybridized carbons (Fsp3) is 0.412. The zero-order valence-corrected chi connectivity index (χ0v) is 15.3. The van der Waals surface area contributed by atoms with Crippen LogP contribution in [0.2, 0.25) is 5.02 Å². The standard InChI is InChI=1S/C17H17ClF3N5O2/c18-11-6-12(23-5-1-4-22)15-13(14(11)28-17(19,20)21)25-16(27-15)26-7-9-2-3-10(8-26)24-9/h1,4-6,9-10,22-24H,2-3,7-8H2/b5-1-,22-4?. The lowest BCUT2D eigenvalue weighted by molar-refractivity contribution is -0.274. The van der Waals surface area contributed by atoms with Crippen molar-refractivity contribution in [1.82, 2.24) is 10.3 Å². The molecule has 0 saturated carbocycles. The average molecular weight is 416 g/mol. The molecule has 2 saturated heterocycles. The van der Waals surface area contributed by atoms with E-state index in [0.29, 0.717) is 30.9 Å². The van der Waals surface area contributed by atoms with E-state index in [9.17, 15) is 13.2 Å². The van der Waals surface area contributed by atoms with Gasteiger partial charge in [-0.1, -0.05) is 11.6 Å². The molecule has 2 aliphatic heterocycles. The molecule has 1 aromatic heterocycles. The van der Waals surface area contributed by atoms with Crippen molar-refractivity contribution < 1.29 is 22.3 Å². The van der Waals surface area contributed by atoms with Gasteiger partial charge in [-0.05, 0) is 25.0 Å². The van der Waals surface area contributed by atoms with E-state index in [-0.39, 0.29) is 22.1 Å². The molecule has 28 heavy (non-hydrogen) atoms. The van der Waals surface area contributed by atoms with Gasteiger partial charge in [0.1, 0.15) is 0 Å². The van der Waals surface area contributed by atoms with Crippen LogP contribution in [-0.4, -0.2) is 42.7 Å². The molecular formula is C17H17ClF3N5O2. The van der Waals surface area contributed by atoms with Crippen molar-refractivity contribution in [3.05, 3.63) is 23.4 Å². The lowest BCUT2D eigenvalue weighted by Gasteiger charge is -2.31. The van der Waals surface area contributed by atoms with Crippen LogP contribution in [-0.2, 0) is 0 Å². The Labute approximate surface area is 163 Å². The molecule has 0 radical (unpaired) electrons. The minimum atomic E-state index is -4.92. The average Bonchev–Trinajstić information content (AvgIpc) is 3.21. The second kappa shape index (κ2) is 7.17. The number of halogens is 4. The highest BCUT2D eigenvalue weighted by Crippen LogP contribution is 2.42. The van der Waals surface area contributed by atoms with Crippen molar-refractivity contribution in [1.29, 1.82) is 5.41 Å². The second-order valence-corrected chi connectivity index (χ2v) is 7.08. The maximum Gasteiger partial charge on any atom is 0.573 e. The summed E-state index contributed by atoms with van der Waals surface area (Å²) in [5.74, 6) is -0.598. The van der Waals surface area contributed by atoms with Crippen LogP contribution in [0.3, 0.4) is 0 Å². The Hall–Kier alpha value is -2.46. The zero-order chi connectivity index (χ0) is 19.9. The summed E-state index contributed by atoms with van der Waals surface area (Å²) >= 11 is 6.04. The molecule has 150 valence electrons. The van der Waals surface area contributed by atoms with Gasteiger partial charge in [0.15, 0.2) is 16.8 Å². The van der Waals surface area contributed by atoms with Crippen LogP contribution in [0, 0.1) is 5.41 Å². The number of allylic oxidation sites excluding steroid dienone is 1. The van der Waals surface area contributed by atoms with E-state index in [1.54, 1.807) is 0 Å². The largest absolute Gasteiger partial charge is 0.573 e. The van der Waals surface area contributed by atoms with E-state index < -0.39 is 12.1 Å². The Bertz CT molecular complexity index is 918. The van der Waals surface area contributed by atoms with Crippen molar-refractivity contribution in [2.24, 2.45) is 0 Å². The molecule has 0 spiro atoms. The van der Waals surface area contributed by atoms with Gasteiger partial charge in [-0.25, -0.2) is 0 Å². The SMILES string of the molecule is N=C/C=C\Nc1cc(Cl)c(OC(F)(F)F)c2nc(N3CC4CCC(C3)N4)oc12. The molecule has 2 fully saturated rings. The predicted molar refractivity (Wildman–Crippen MR) is 99.4 cm³/mol. The van der Waals surface area contributed by atoms with E-state index >= 15 is 0 Å². The van der Waals surface area contributed by atoms with E-state index in [2.05, 4.69) is 20.4 Å². The first-order valence-corrected chi connectivity index (χ1v) is 9.04. The first-order valence-electron chi connectivity index (χ1n) is 8.66. The van der Waals surface area contributed by atoms with Gasteiger partial charge in [-0.3, -0.25) is 0 Å². The van der Waals surface area contributed by atoms with Crippen LogP contribution in [0.1, 0.15) is 12.8 Å². The molecule has 0 aliphatic carbocycles. The van der Waals surface area contributed by atoms with Gasteiger partial charge in [0.2, 0.25) is 0 Å². The minimum absolute atomic E-state index is 0.0964. The highest BCUT2D eigenvalue weighted by Gasteiger charge is 2.37. The summed E-state index contributed by atoms with van der Waals surface area (Å²) in [4.78, 5) is 6.20. The molecule has 1 aromatic carbocycles. The first-order chi connectivity index (χ1) is 13.3. The summed E-state index contributed by atoms with van der Waals surface area (Å²) in [6, 6.07) is 2.10. The number of nitrogens with zero attached hydrogens (tertiary/aromatic N) is 2. The number of oxazole rings is 1. The highest BCUT2D eigenvalue weighted by molar-refractivity contribution is 6.33. The quantitative estimate of drug-likeness (QED) is 0.642. The highest BCUT2D eigenvalue weighted by atomic mass is 35.5. The van der Waals surface area contributed by atoms with Gasteiger partial charge in [-0.15, -0.1) is 13.2 Å². The van der Waals surface area contributed by atoms with Crippen LogP contribution in [0.25, 0.3) is 11.1 Å². The lowest BCUT2D eigenvalue weighted by atomic mass is 10.2. The summed E-state index contributed by atoms with van der Waals surface area (Å²) in [6.07, 6.45) is 1.06. The van der Waals surface area contributed by atoms with Crippen LogP contribution in [0.5, 0.6) is 5.75 Å². The monoisotopic (exact) mass is 415 g/mol. The number of rotatable bonds is 5. The van der Waals surface area contributed by atoms with E-state index in [1.165, 1.54) is 18.3 Å². The number of ether oxygens (including phenoxy) is 1. The molecule has 4 rings (SSSR count). The summed E-state index contributed by atoms with van der Waals surface area (Å²) in [5.41, 5.74) is 0.306. The molecule has 2 aliphatic rings. The zero-order valence-electron chi connectivity index (χ0n) is 14.5. The smallest absolute Gasteiger partial charge is 0.421 e. The molecule has 3 N–H and O–H groups in total. The van der Waals surface area contributed by atoms with E-state index in [4.69, 9.17) is 21.4 Å². The topological polar surface area (TPSA) is 86.4 Å². The Kier molecular flexibility index (Phi) is 4.84. The maximum atomic E-state index is 12.9. The number of alkyl halides is 3. The number of hydrogen-bond acceptors (Lipinski definition) is 7. The van der Waals surface area contributed by atoms with Gasteiger partial charge in [0.05, 0.1) is 10.7 Å². The van der Waals surface area contributed by atoms with Gasteiger partial charge in [-0.2, -0.15) is 4.98 Å². The summed E-state index contributed by atoms with van der Waals surface area (Å²) < 4.78 is 48.5. The van der Waals surface area contributed by atoms with E-state index in [1.807, 2.05) is 4.90 Å². The third kappa shape index (κ3) is 3.74. The number of aromatic nitrogens is 1. The molecule has 7 nitrogen and oxygen atoms in total. The Balaban J connectivity index is 1.78. The van der Waals surface area contributed by atoms with Crippen LogP contribution < -0.4 is 20.3 Å². The second-order valence-electron chi connectivity index (χ2n) is 6.67. The lowest BCUT2D eigenvalue weighted by Crippen LogP contribution is -2.51. The molecule has 3 heterocycles. The summed E-state index contributed by atoms with van der Waals surface area (Å²) in [6.45, 7) is 1.31.